The number of rotatable bonds is 3. The first-order valence-corrected chi connectivity index (χ1v) is 8.45. The fraction of sp³-hybridized carbons (Fsp3) is 0.875. The zero-order valence-electron chi connectivity index (χ0n) is 14.3. The first-order valence-electron chi connectivity index (χ1n) is 8.45. The van der Waals surface area contributed by atoms with Gasteiger partial charge in [0.1, 0.15) is 0 Å². The number of carbonyl (C=O) groups is 2. The molecule has 0 aromatic heterocycles. The van der Waals surface area contributed by atoms with Gasteiger partial charge < -0.3 is 11.1 Å². The van der Waals surface area contributed by atoms with Crippen LogP contribution >= 0.6 is 12.4 Å². The van der Waals surface area contributed by atoms with Gasteiger partial charge in [-0.2, -0.15) is 0 Å². The first kappa shape index (κ1) is 20.2. The molecule has 0 aromatic rings. The minimum Gasteiger partial charge on any atom is -0.335 e. The highest BCUT2D eigenvalue weighted by Gasteiger charge is 2.34. The van der Waals surface area contributed by atoms with E-state index in [0.29, 0.717) is 0 Å². The van der Waals surface area contributed by atoms with Gasteiger partial charge in [0.25, 0.3) is 0 Å². The Labute approximate surface area is 145 Å². The molecule has 134 valence electrons. The smallest absolute Gasteiger partial charge is 0.321 e. The van der Waals surface area contributed by atoms with E-state index >= 15 is 0 Å². The van der Waals surface area contributed by atoms with E-state index in [1.54, 1.807) is 0 Å². The summed E-state index contributed by atoms with van der Waals surface area (Å²) in [6.45, 7) is 6.09. The number of amides is 3. The van der Waals surface area contributed by atoms with E-state index in [9.17, 15) is 9.59 Å². The van der Waals surface area contributed by atoms with Crippen LogP contribution in [-0.2, 0) is 4.79 Å². The number of nitrogens with two attached hydrogens (primary N) is 1. The van der Waals surface area contributed by atoms with E-state index in [1.807, 2.05) is 0 Å². The minimum absolute atomic E-state index is 0. The summed E-state index contributed by atoms with van der Waals surface area (Å²) in [6.07, 6.45) is 6.46. The Morgan fingerprint density at radius 3 is 2.43 bits per heavy atom. The predicted octanol–water partition coefficient (Wildman–Crippen LogP) is 1.63. The number of piperidine rings is 1. The van der Waals surface area contributed by atoms with E-state index in [-0.39, 0.29) is 48.4 Å². The second kappa shape index (κ2) is 8.85. The van der Waals surface area contributed by atoms with Crippen molar-refractivity contribution >= 4 is 24.3 Å². The van der Waals surface area contributed by atoms with Crippen LogP contribution in [0.3, 0.4) is 0 Å². The molecular weight excluding hydrogens is 316 g/mol. The van der Waals surface area contributed by atoms with Gasteiger partial charge >= 0.3 is 6.03 Å². The Morgan fingerprint density at radius 1 is 1.17 bits per heavy atom. The lowest BCUT2D eigenvalue weighted by atomic mass is 9.80. The van der Waals surface area contributed by atoms with E-state index < -0.39 is 0 Å². The normalized spacial score (nSPS) is 25.3. The van der Waals surface area contributed by atoms with Gasteiger partial charge in [-0.3, -0.25) is 15.0 Å². The maximum absolute atomic E-state index is 12.0. The van der Waals surface area contributed by atoms with Crippen molar-refractivity contribution in [3.05, 3.63) is 0 Å². The number of imide groups is 1. The first-order chi connectivity index (χ1) is 10.4. The molecule has 4 N–H and O–H groups in total. The van der Waals surface area contributed by atoms with Crippen molar-refractivity contribution in [1.82, 2.24) is 15.5 Å². The van der Waals surface area contributed by atoms with Crippen LogP contribution in [0.25, 0.3) is 0 Å². The molecule has 2 rings (SSSR count). The van der Waals surface area contributed by atoms with Crippen LogP contribution in [0.5, 0.6) is 0 Å². The van der Waals surface area contributed by atoms with Gasteiger partial charge in [-0.15, -0.1) is 12.4 Å². The molecule has 1 atom stereocenters. The second-order valence-corrected chi connectivity index (χ2v) is 7.45. The highest BCUT2D eigenvalue weighted by atomic mass is 35.5. The van der Waals surface area contributed by atoms with Crippen LogP contribution in [0.4, 0.5) is 4.79 Å². The van der Waals surface area contributed by atoms with Crippen LogP contribution in [0.1, 0.15) is 52.4 Å². The quantitative estimate of drug-likeness (QED) is 0.724. The van der Waals surface area contributed by atoms with Crippen molar-refractivity contribution in [1.29, 1.82) is 0 Å². The molecule has 23 heavy (non-hydrogen) atoms. The maximum atomic E-state index is 12.0. The van der Waals surface area contributed by atoms with Crippen molar-refractivity contribution < 1.29 is 9.59 Å². The molecule has 1 saturated carbocycles. The third-order valence-electron chi connectivity index (χ3n) is 4.95. The molecule has 1 heterocycles. The zero-order chi connectivity index (χ0) is 16.2. The van der Waals surface area contributed by atoms with Gasteiger partial charge in [0.2, 0.25) is 5.91 Å². The molecule has 0 spiro atoms. The molecule has 2 aliphatic rings. The van der Waals surface area contributed by atoms with E-state index in [2.05, 4.69) is 29.4 Å². The molecular formula is C16H31ClN4O2. The van der Waals surface area contributed by atoms with Gasteiger partial charge in [0.15, 0.2) is 0 Å². The number of halogens is 1. The van der Waals surface area contributed by atoms with Crippen molar-refractivity contribution in [2.24, 2.45) is 11.1 Å². The summed E-state index contributed by atoms with van der Waals surface area (Å²) < 4.78 is 0. The molecule has 6 nitrogen and oxygen atoms in total. The van der Waals surface area contributed by atoms with Crippen LogP contribution in [0.15, 0.2) is 0 Å². The van der Waals surface area contributed by atoms with Crippen molar-refractivity contribution in [3.63, 3.8) is 0 Å². The van der Waals surface area contributed by atoms with Gasteiger partial charge in [0, 0.05) is 25.2 Å². The summed E-state index contributed by atoms with van der Waals surface area (Å²) in [5, 5.41) is 5.35. The molecule has 1 saturated heterocycles. The summed E-state index contributed by atoms with van der Waals surface area (Å²) in [7, 11) is 0. The second-order valence-electron chi connectivity index (χ2n) is 7.45. The molecule has 1 aliphatic carbocycles. The minimum atomic E-state index is -0.357. The standard InChI is InChI=1S/C16H30N4O2.ClH/c1-16(2)11-20(9-8-13(16)17)10-14(21)19-15(22)18-12-6-4-3-5-7-12;/h12-13H,3-11,17H2,1-2H3,(H2,18,19,21,22);1H. The van der Waals surface area contributed by atoms with Crippen LogP contribution in [-0.4, -0.2) is 48.6 Å². The van der Waals surface area contributed by atoms with Gasteiger partial charge in [-0.05, 0) is 24.7 Å². The van der Waals surface area contributed by atoms with Gasteiger partial charge in [0.05, 0.1) is 6.54 Å². The average Bonchev–Trinajstić information content (AvgIpc) is 2.43. The highest BCUT2D eigenvalue weighted by molar-refractivity contribution is 5.95. The Hall–Kier alpha value is -0.850. The van der Waals surface area contributed by atoms with Crippen LogP contribution in [0, 0.1) is 5.41 Å². The van der Waals surface area contributed by atoms with Crippen LogP contribution in [0.2, 0.25) is 0 Å². The fourth-order valence-corrected chi connectivity index (χ4v) is 3.46. The lowest BCUT2D eigenvalue weighted by Crippen LogP contribution is -2.55. The number of carbonyl (C=O) groups excluding carboxylic acids is 2. The summed E-state index contributed by atoms with van der Waals surface area (Å²) in [5.74, 6) is -0.236. The largest absolute Gasteiger partial charge is 0.335 e. The number of hydrogen-bond donors (Lipinski definition) is 3. The summed E-state index contributed by atoms with van der Waals surface area (Å²) in [4.78, 5) is 25.9. The Balaban J connectivity index is 0.00000264. The zero-order valence-corrected chi connectivity index (χ0v) is 15.1. The van der Waals surface area contributed by atoms with Crippen LogP contribution < -0.4 is 16.4 Å². The Bertz CT molecular complexity index is 411. The lowest BCUT2D eigenvalue weighted by Gasteiger charge is -2.42. The number of nitrogens with one attached hydrogen (secondary N) is 2. The van der Waals surface area contributed by atoms with Crippen molar-refractivity contribution in [2.75, 3.05) is 19.6 Å². The predicted molar refractivity (Wildman–Crippen MR) is 93.6 cm³/mol. The molecule has 3 amide bonds. The SMILES string of the molecule is CC1(C)CN(CC(=O)NC(=O)NC2CCCCC2)CCC1N.Cl. The summed E-state index contributed by atoms with van der Waals surface area (Å²) in [5.41, 5.74) is 6.10. The lowest BCUT2D eigenvalue weighted by molar-refractivity contribution is -0.122. The number of likely N-dealkylation sites (tertiary alicyclic amines) is 1. The molecule has 7 heteroatoms. The van der Waals surface area contributed by atoms with Crippen molar-refractivity contribution in [3.8, 4) is 0 Å². The average molecular weight is 347 g/mol. The third kappa shape index (κ3) is 6.28. The van der Waals surface area contributed by atoms with E-state index in [0.717, 1.165) is 45.2 Å². The third-order valence-corrected chi connectivity index (χ3v) is 4.95. The highest BCUT2D eigenvalue weighted by Crippen LogP contribution is 2.27. The van der Waals surface area contributed by atoms with E-state index in [4.69, 9.17) is 5.73 Å². The van der Waals surface area contributed by atoms with Gasteiger partial charge in [-0.25, -0.2) is 4.79 Å². The topological polar surface area (TPSA) is 87.5 Å². The maximum Gasteiger partial charge on any atom is 0.321 e. The monoisotopic (exact) mass is 346 g/mol. The molecule has 2 fully saturated rings. The van der Waals surface area contributed by atoms with E-state index in [1.165, 1.54) is 6.42 Å². The molecule has 0 bridgehead atoms. The number of nitrogens with zero attached hydrogens (tertiary/aromatic N) is 1. The Kier molecular flexibility index (Phi) is 7.77. The number of urea groups is 1. The van der Waals surface area contributed by atoms with Crippen molar-refractivity contribution in [2.45, 2.75) is 64.5 Å². The van der Waals surface area contributed by atoms with Gasteiger partial charge in [-0.1, -0.05) is 33.1 Å². The summed E-state index contributed by atoms with van der Waals surface area (Å²) in [6, 6.07) is 0.0275. The number of hydrogen-bond acceptors (Lipinski definition) is 4. The molecule has 1 aliphatic heterocycles. The summed E-state index contributed by atoms with van der Waals surface area (Å²) >= 11 is 0. The molecule has 0 radical (unpaired) electrons. The fourth-order valence-electron chi connectivity index (χ4n) is 3.46. The molecule has 0 aromatic carbocycles. The molecule has 1 unspecified atom stereocenters. The Morgan fingerprint density at radius 2 is 1.83 bits per heavy atom.